The molecular weight excluding hydrogens is 875 g/mol. The largest absolute Gasteiger partial charge is 0.519 e. The highest BCUT2D eigenvalue weighted by atomic mass is 127. The highest BCUT2D eigenvalue weighted by molar-refractivity contribution is 14.1. The van der Waals surface area contributed by atoms with Gasteiger partial charge in [0.25, 0.3) is 0 Å². The molecule has 46 heavy (non-hydrogen) atoms. The van der Waals surface area contributed by atoms with Gasteiger partial charge in [0.05, 0.1) is 11.0 Å². The summed E-state index contributed by atoms with van der Waals surface area (Å²) in [5.41, 5.74) is -1.33. The van der Waals surface area contributed by atoms with Gasteiger partial charge in [-0.15, -0.1) is 0 Å². The van der Waals surface area contributed by atoms with Gasteiger partial charge in [0.1, 0.15) is 28.4 Å². The zero-order valence-corrected chi connectivity index (χ0v) is 32.4. The number of aromatic amines is 1. The van der Waals surface area contributed by atoms with Crippen LogP contribution in [-0.4, -0.2) is 44.8 Å². The molecular formula is C31H34Cl2F2I2N2O7. The van der Waals surface area contributed by atoms with Crippen molar-refractivity contribution < 1.29 is 42.1 Å². The van der Waals surface area contributed by atoms with Crippen LogP contribution in [0, 0.1) is 18.8 Å². The predicted octanol–water partition coefficient (Wildman–Crippen LogP) is 11.3. The first kappa shape index (κ1) is 39.8. The number of H-pyrrole nitrogens is 1. The van der Waals surface area contributed by atoms with Crippen LogP contribution in [-0.2, 0) is 18.9 Å². The maximum Gasteiger partial charge on any atom is 0.519 e. The molecule has 0 bridgehead atoms. The van der Waals surface area contributed by atoms with Crippen LogP contribution in [0.3, 0.4) is 0 Å². The Morgan fingerprint density at radius 1 is 0.717 bits per heavy atom. The minimum atomic E-state index is -1.06. The van der Waals surface area contributed by atoms with Gasteiger partial charge in [-0.25, -0.2) is 27.7 Å². The van der Waals surface area contributed by atoms with E-state index in [9.17, 15) is 23.2 Å². The summed E-state index contributed by atoms with van der Waals surface area (Å²) in [7, 11) is 0. The first-order chi connectivity index (χ1) is 20.9. The fourth-order valence-electron chi connectivity index (χ4n) is 3.43. The third-order valence-corrected chi connectivity index (χ3v) is 7.15. The Labute approximate surface area is 302 Å². The molecule has 2 aromatic heterocycles. The standard InChI is InChI=1S/C13H12ClFINO2.C10H18O5.C8H4ClFIN/c1-13(2,3)19-12(18)17-6-10(16)8-4-7(14)5-9(15)11(8)17;1-9(2,3)14-7(11)13-8(12)15-10(4,5)6;9-4-1-5-7(11)3-12-8(5)6(10)2-4/h4-6H,1-3H3;1-6H3;1-3,12H. The number of hydrogen-bond acceptors (Lipinski definition) is 7. The van der Waals surface area contributed by atoms with Crippen molar-refractivity contribution in [3.8, 4) is 0 Å². The van der Waals surface area contributed by atoms with Gasteiger partial charge in [0, 0.05) is 40.4 Å². The maximum absolute atomic E-state index is 14.0. The summed E-state index contributed by atoms with van der Waals surface area (Å²) < 4.78 is 49.1. The Kier molecular flexibility index (Phi) is 13.6. The molecule has 0 unspecified atom stereocenters. The van der Waals surface area contributed by atoms with E-state index >= 15 is 0 Å². The molecule has 0 saturated heterocycles. The average Bonchev–Trinajstić information content (AvgIpc) is 3.36. The molecule has 0 radical (unpaired) electrons. The monoisotopic (exact) mass is 908 g/mol. The number of nitrogens with one attached hydrogen (secondary N) is 1. The van der Waals surface area contributed by atoms with E-state index in [0.29, 0.717) is 20.9 Å². The number of hydrogen-bond donors (Lipinski definition) is 1. The summed E-state index contributed by atoms with van der Waals surface area (Å²) in [5, 5.41) is 2.15. The number of benzene rings is 2. The first-order valence-corrected chi connectivity index (χ1v) is 16.4. The maximum atomic E-state index is 14.0. The third-order valence-electron chi connectivity index (χ3n) is 4.96. The Morgan fingerprint density at radius 3 is 1.65 bits per heavy atom. The van der Waals surface area contributed by atoms with E-state index in [2.05, 4.69) is 32.3 Å². The van der Waals surface area contributed by atoms with Gasteiger partial charge in [-0.1, -0.05) is 23.2 Å². The Balaban J connectivity index is 0.000000247. The van der Waals surface area contributed by atoms with Crippen LogP contribution in [0.4, 0.5) is 23.2 Å². The van der Waals surface area contributed by atoms with E-state index in [-0.39, 0.29) is 11.3 Å². The van der Waals surface area contributed by atoms with Gasteiger partial charge in [0.2, 0.25) is 0 Å². The molecule has 0 aliphatic heterocycles. The highest BCUT2D eigenvalue weighted by Gasteiger charge is 2.25. The molecule has 0 saturated carbocycles. The fraction of sp³-hybridized carbons (Fsp3) is 0.387. The van der Waals surface area contributed by atoms with Crippen molar-refractivity contribution in [1.29, 1.82) is 0 Å². The number of carbonyl (C=O) groups is 3. The smallest absolute Gasteiger partial charge is 0.443 e. The second-order valence-electron chi connectivity index (χ2n) is 12.6. The van der Waals surface area contributed by atoms with E-state index in [1.54, 1.807) is 86.8 Å². The van der Waals surface area contributed by atoms with Gasteiger partial charge in [-0.05, 0) is 132 Å². The molecule has 0 spiro atoms. The molecule has 0 atom stereocenters. The Morgan fingerprint density at radius 2 is 1.17 bits per heavy atom. The summed E-state index contributed by atoms with van der Waals surface area (Å²) in [6, 6.07) is 5.86. The van der Waals surface area contributed by atoms with Crippen molar-refractivity contribution in [3.63, 3.8) is 0 Å². The lowest BCUT2D eigenvalue weighted by Gasteiger charge is -2.20. The molecule has 4 aromatic rings. The van der Waals surface area contributed by atoms with Crippen LogP contribution in [0.1, 0.15) is 62.3 Å². The summed E-state index contributed by atoms with van der Waals surface area (Å²) >= 11 is 15.7. The molecule has 1 N–H and O–H groups in total. The molecule has 252 valence electrons. The molecule has 2 aromatic carbocycles. The number of rotatable bonds is 0. The molecule has 9 nitrogen and oxygen atoms in total. The van der Waals surface area contributed by atoms with Gasteiger partial charge in [0.15, 0.2) is 0 Å². The second-order valence-corrected chi connectivity index (χ2v) is 15.8. The molecule has 2 heterocycles. The van der Waals surface area contributed by atoms with Crippen molar-refractivity contribution in [1.82, 2.24) is 9.55 Å². The Hall–Kier alpha value is -2.37. The van der Waals surface area contributed by atoms with Crippen molar-refractivity contribution in [3.05, 3.63) is 65.5 Å². The number of nitrogens with zero attached hydrogens (tertiary/aromatic N) is 1. The summed E-state index contributed by atoms with van der Waals surface area (Å²) in [4.78, 5) is 36.9. The number of carbonyl (C=O) groups excluding carboxylic acids is 3. The SMILES string of the molecule is CC(C)(C)OC(=O)OC(=O)OC(C)(C)C.CC(C)(C)OC(=O)n1cc(I)c2cc(Cl)cc(F)c21.Fc1cc(Cl)cc2c(I)c[nH]c12. The van der Waals surface area contributed by atoms with Crippen LogP contribution in [0.2, 0.25) is 10.0 Å². The summed E-state index contributed by atoms with van der Waals surface area (Å²) in [6.45, 7) is 15.3. The number of fused-ring (bicyclic) bond motifs is 2. The van der Waals surface area contributed by atoms with Crippen LogP contribution in [0.15, 0.2) is 36.7 Å². The van der Waals surface area contributed by atoms with E-state index in [0.717, 1.165) is 12.5 Å². The van der Waals surface area contributed by atoms with Gasteiger partial charge < -0.3 is 23.9 Å². The molecule has 0 aliphatic rings. The van der Waals surface area contributed by atoms with Crippen molar-refractivity contribution in [2.75, 3.05) is 0 Å². The number of ether oxygens (including phenoxy) is 4. The lowest BCUT2D eigenvalue weighted by atomic mass is 10.2. The minimum Gasteiger partial charge on any atom is -0.443 e. The first-order valence-electron chi connectivity index (χ1n) is 13.5. The van der Waals surface area contributed by atoms with Gasteiger partial charge >= 0.3 is 18.4 Å². The predicted molar refractivity (Wildman–Crippen MR) is 191 cm³/mol. The molecule has 0 amide bonds. The summed E-state index contributed by atoms with van der Waals surface area (Å²) in [6.07, 6.45) is 0.568. The summed E-state index contributed by atoms with van der Waals surface area (Å²) in [5.74, 6) is -0.850. The second kappa shape index (κ2) is 15.7. The fourth-order valence-corrected chi connectivity index (χ4v) is 5.11. The van der Waals surface area contributed by atoms with Crippen molar-refractivity contribution in [2.24, 2.45) is 0 Å². The normalized spacial score (nSPS) is 11.6. The van der Waals surface area contributed by atoms with Gasteiger partial charge in [-0.2, -0.15) is 0 Å². The van der Waals surface area contributed by atoms with Crippen LogP contribution in [0.5, 0.6) is 0 Å². The van der Waals surface area contributed by atoms with E-state index in [1.165, 1.54) is 16.7 Å². The van der Waals surface area contributed by atoms with E-state index in [1.807, 2.05) is 22.6 Å². The van der Waals surface area contributed by atoms with E-state index < -0.39 is 41.0 Å². The number of halogens is 6. The van der Waals surface area contributed by atoms with Crippen LogP contribution < -0.4 is 0 Å². The topological polar surface area (TPSA) is 109 Å². The van der Waals surface area contributed by atoms with Gasteiger partial charge in [-0.3, -0.25) is 0 Å². The molecule has 4 rings (SSSR count). The quantitative estimate of drug-likeness (QED) is 0.0810. The zero-order chi connectivity index (χ0) is 35.4. The molecule has 15 heteroatoms. The lowest BCUT2D eigenvalue weighted by Crippen LogP contribution is -2.29. The minimum absolute atomic E-state index is 0.183. The van der Waals surface area contributed by atoms with Crippen molar-refractivity contribution >= 4 is 109 Å². The average molecular weight is 909 g/mol. The molecule has 0 fully saturated rings. The zero-order valence-electron chi connectivity index (χ0n) is 26.5. The highest BCUT2D eigenvalue weighted by Crippen LogP contribution is 2.30. The van der Waals surface area contributed by atoms with E-state index in [4.69, 9.17) is 37.4 Å². The third kappa shape index (κ3) is 12.7. The van der Waals surface area contributed by atoms with Crippen molar-refractivity contribution in [2.45, 2.75) is 79.1 Å². The lowest BCUT2D eigenvalue weighted by molar-refractivity contribution is -0.0294. The number of aromatic nitrogens is 2. The van der Waals surface area contributed by atoms with Crippen LogP contribution in [0.25, 0.3) is 21.8 Å². The molecule has 0 aliphatic carbocycles. The van der Waals surface area contributed by atoms with Crippen LogP contribution >= 0.6 is 68.4 Å². The Bertz CT molecular complexity index is 1710.